The summed E-state index contributed by atoms with van der Waals surface area (Å²) < 4.78 is 27.7. The number of carbonyl (C=O) groups is 2. The van der Waals surface area contributed by atoms with Gasteiger partial charge in [-0.25, -0.2) is 12.7 Å². The van der Waals surface area contributed by atoms with Crippen LogP contribution in [0, 0.1) is 5.92 Å². The van der Waals surface area contributed by atoms with E-state index in [1.54, 1.807) is 36.4 Å². The minimum Gasteiger partial charge on any atom is -0.366 e. The Balaban J connectivity index is 1.59. The highest BCUT2D eigenvalue weighted by Crippen LogP contribution is 2.24. The average Bonchev–Trinajstić information content (AvgIpc) is 2.70. The first-order valence-corrected chi connectivity index (χ1v) is 11.6. The maximum absolute atomic E-state index is 12.7. The molecule has 2 aromatic rings. The van der Waals surface area contributed by atoms with E-state index in [4.69, 9.17) is 5.73 Å². The molecule has 0 atom stereocenters. The third kappa shape index (κ3) is 5.43. The average molecular weight is 480 g/mol. The number of anilines is 1. The van der Waals surface area contributed by atoms with Crippen LogP contribution >= 0.6 is 15.9 Å². The van der Waals surface area contributed by atoms with E-state index in [0.717, 1.165) is 10.0 Å². The number of rotatable bonds is 6. The Labute approximate surface area is 178 Å². The van der Waals surface area contributed by atoms with Crippen LogP contribution in [-0.2, 0) is 20.6 Å². The Bertz CT molecular complexity index is 1000. The summed E-state index contributed by atoms with van der Waals surface area (Å²) in [5, 5.41) is 2.75. The van der Waals surface area contributed by atoms with Crippen molar-refractivity contribution in [1.29, 1.82) is 0 Å². The molecule has 2 aromatic carbocycles. The van der Waals surface area contributed by atoms with Crippen molar-refractivity contribution in [3.05, 3.63) is 64.1 Å². The topological polar surface area (TPSA) is 110 Å². The summed E-state index contributed by atoms with van der Waals surface area (Å²) >= 11 is 3.33. The van der Waals surface area contributed by atoms with Gasteiger partial charge in [-0.15, -0.1) is 0 Å². The van der Waals surface area contributed by atoms with Gasteiger partial charge in [-0.05, 0) is 42.7 Å². The molecule has 0 bridgehead atoms. The van der Waals surface area contributed by atoms with Crippen molar-refractivity contribution in [1.82, 2.24) is 4.31 Å². The molecular formula is C20H22BrN3O4S. The molecule has 1 aliphatic rings. The summed E-state index contributed by atoms with van der Waals surface area (Å²) in [5.41, 5.74) is 6.68. The zero-order chi connectivity index (χ0) is 21.0. The second kappa shape index (κ2) is 9.06. The standard InChI is InChI=1S/C20H22BrN3O4S/c21-16-7-5-14(6-8-16)13-29(27,28)24-11-9-15(10-12-24)20(26)23-18-4-2-1-3-17(18)19(22)25/h1-8,15H,9-13H2,(H2,22,25)(H,23,26). The van der Waals surface area contributed by atoms with Crippen LogP contribution in [0.4, 0.5) is 5.69 Å². The van der Waals surface area contributed by atoms with E-state index in [9.17, 15) is 18.0 Å². The molecule has 0 radical (unpaired) electrons. The molecule has 1 heterocycles. The fraction of sp³-hybridized carbons (Fsp3) is 0.300. The zero-order valence-corrected chi connectivity index (χ0v) is 18.1. The minimum atomic E-state index is -3.45. The highest BCUT2D eigenvalue weighted by atomic mass is 79.9. The summed E-state index contributed by atoms with van der Waals surface area (Å²) in [5.74, 6) is -1.24. The molecule has 0 unspecified atom stereocenters. The van der Waals surface area contributed by atoms with Crippen molar-refractivity contribution < 1.29 is 18.0 Å². The van der Waals surface area contributed by atoms with Crippen molar-refractivity contribution in [3.63, 3.8) is 0 Å². The second-order valence-corrected chi connectivity index (χ2v) is 9.84. The molecule has 7 nitrogen and oxygen atoms in total. The highest BCUT2D eigenvalue weighted by Gasteiger charge is 2.31. The summed E-state index contributed by atoms with van der Waals surface area (Å²) in [6.07, 6.45) is 0.842. The van der Waals surface area contributed by atoms with Crippen LogP contribution in [0.15, 0.2) is 53.0 Å². The van der Waals surface area contributed by atoms with Crippen molar-refractivity contribution in [2.24, 2.45) is 11.7 Å². The molecule has 1 aliphatic heterocycles. The first kappa shape index (κ1) is 21.5. The molecule has 9 heteroatoms. The number of carbonyl (C=O) groups excluding carboxylic acids is 2. The van der Waals surface area contributed by atoms with E-state index in [2.05, 4.69) is 21.2 Å². The molecule has 0 aliphatic carbocycles. The van der Waals surface area contributed by atoms with Crippen LogP contribution in [-0.4, -0.2) is 37.6 Å². The molecular weight excluding hydrogens is 458 g/mol. The molecule has 0 saturated carbocycles. The number of hydrogen-bond donors (Lipinski definition) is 2. The second-order valence-electron chi connectivity index (χ2n) is 6.96. The number of para-hydroxylation sites is 1. The van der Waals surface area contributed by atoms with Crippen molar-refractivity contribution in [2.75, 3.05) is 18.4 Å². The smallest absolute Gasteiger partial charge is 0.250 e. The van der Waals surface area contributed by atoms with Gasteiger partial charge in [0.1, 0.15) is 0 Å². The molecule has 0 spiro atoms. The van der Waals surface area contributed by atoms with Crippen LogP contribution < -0.4 is 11.1 Å². The number of piperidine rings is 1. The first-order chi connectivity index (χ1) is 13.8. The Morgan fingerprint density at radius 3 is 2.31 bits per heavy atom. The van der Waals surface area contributed by atoms with Gasteiger partial charge in [0.05, 0.1) is 17.0 Å². The van der Waals surface area contributed by atoms with Gasteiger partial charge in [0.2, 0.25) is 15.9 Å². The van der Waals surface area contributed by atoms with Gasteiger partial charge < -0.3 is 11.1 Å². The third-order valence-corrected chi connectivity index (χ3v) is 7.31. The van der Waals surface area contributed by atoms with Gasteiger partial charge in [0.15, 0.2) is 0 Å². The van der Waals surface area contributed by atoms with Gasteiger partial charge in [0.25, 0.3) is 5.91 Å². The third-order valence-electron chi connectivity index (χ3n) is 4.93. The van der Waals surface area contributed by atoms with Crippen LogP contribution in [0.2, 0.25) is 0 Å². The predicted octanol–water partition coefficient (Wildman–Crippen LogP) is 2.73. The fourth-order valence-corrected chi connectivity index (χ4v) is 5.15. The number of nitrogens with two attached hydrogens (primary N) is 1. The minimum absolute atomic E-state index is 0.0663. The van der Waals surface area contributed by atoms with Crippen molar-refractivity contribution >= 4 is 43.5 Å². The molecule has 2 amide bonds. The Morgan fingerprint density at radius 1 is 1.07 bits per heavy atom. The Hall–Kier alpha value is -2.23. The molecule has 1 fully saturated rings. The number of sulfonamides is 1. The van der Waals surface area contributed by atoms with E-state index < -0.39 is 15.9 Å². The number of primary amides is 1. The first-order valence-electron chi connectivity index (χ1n) is 9.18. The quantitative estimate of drug-likeness (QED) is 0.663. The van der Waals surface area contributed by atoms with Gasteiger partial charge in [-0.1, -0.05) is 40.2 Å². The Kier molecular flexibility index (Phi) is 6.71. The monoisotopic (exact) mass is 479 g/mol. The van der Waals surface area contributed by atoms with Crippen molar-refractivity contribution in [3.8, 4) is 0 Å². The highest BCUT2D eigenvalue weighted by molar-refractivity contribution is 9.10. The molecule has 0 aromatic heterocycles. The zero-order valence-electron chi connectivity index (χ0n) is 15.7. The lowest BCUT2D eigenvalue weighted by atomic mass is 9.97. The van der Waals surface area contributed by atoms with Crippen molar-refractivity contribution in [2.45, 2.75) is 18.6 Å². The van der Waals surface area contributed by atoms with E-state index in [0.29, 0.717) is 18.5 Å². The van der Waals surface area contributed by atoms with Crippen LogP contribution in [0.25, 0.3) is 0 Å². The van der Waals surface area contributed by atoms with E-state index in [-0.39, 0.29) is 36.2 Å². The maximum Gasteiger partial charge on any atom is 0.250 e. The van der Waals surface area contributed by atoms with E-state index in [1.165, 1.54) is 4.31 Å². The largest absolute Gasteiger partial charge is 0.366 e. The van der Waals surface area contributed by atoms with Gasteiger partial charge in [-0.3, -0.25) is 9.59 Å². The SMILES string of the molecule is NC(=O)c1ccccc1NC(=O)C1CCN(S(=O)(=O)Cc2ccc(Br)cc2)CC1. The lowest BCUT2D eigenvalue weighted by Crippen LogP contribution is -2.42. The number of nitrogens with zero attached hydrogens (tertiary/aromatic N) is 1. The van der Waals surface area contributed by atoms with Gasteiger partial charge in [-0.2, -0.15) is 0 Å². The molecule has 29 heavy (non-hydrogen) atoms. The van der Waals surface area contributed by atoms with Crippen LogP contribution in [0.5, 0.6) is 0 Å². The molecule has 154 valence electrons. The fourth-order valence-electron chi connectivity index (χ4n) is 3.32. The normalized spacial score (nSPS) is 15.8. The number of hydrogen-bond acceptors (Lipinski definition) is 4. The summed E-state index contributed by atoms with van der Waals surface area (Å²) in [4.78, 5) is 24.1. The number of amides is 2. The summed E-state index contributed by atoms with van der Waals surface area (Å²) in [6.45, 7) is 0.572. The van der Waals surface area contributed by atoms with Crippen LogP contribution in [0.1, 0.15) is 28.8 Å². The lowest BCUT2D eigenvalue weighted by Gasteiger charge is -2.30. The van der Waals surface area contributed by atoms with E-state index >= 15 is 0 Å². The number of halogens is 1. The Morgan fingerprint density at radius 2 is 1.69 bits per heavy atom. The molecule has 3 rings (SSSR count). The predicted molar refractivity (Wildman–Crippen MR) is 115 cm³/mol. The van der Waals surface area contributed by atoms with Crippen LogP contribution in [0.3, 0.4) is 0 Å². The van der Waals surface area contributed by atoms with E-state index in [1.807, 2.05) is 12.1 Å². The summed E-state index contributed by atoms with van der Waals surface area (Å²) in [7, 11) is -3.45. The number of nitrogens with one attached hydrogen (secondary N) is 1. The summed E-state index contributed by atoms with van der Waals surface area (Å²) in [6, 6.07) is 13.7. The number of benzene rings is 2. The maximum atomic E-state index is 12.7. The lowest BCUT2D eigenvalue weighted by molar-refractivity contribution is -0.120. The molecule has 3 N–H and O–H groups in total. The van der Waals surface area contributed by atoms with Gasteiger partial charge >= 0.3 is 0 Å². The van der Waals surface area contributed by atoms with Gasteiger partial charge in [0, 0.05) is 23.5 Å². The molecule has 1 saturated heterocycles.